The largest absolute Gasteiger partial charge is 0.480 e. The van der Waals surface area contributed by atoms with Crippen molar-refractivity contribution in [3.63, 3.8) is 0 Å². The highest BCUT2D eigenvalue weighted by Crippen LogP contribution is 2.28. The fourth-order valence-corrected chi connectivity index (χ4v) is 2.81. The van der Waals surface area contributed by atoms with Gasteiger partial charge in [-0.25, -0.2) is 9.59 Å². The van der Waals surface area contributed by atoms with E-state index in [1.165, 1.54) is 4.90 Å². The molecule has 2 aliphatic rings. The molecule has 0 radical (unpaired) electrons. The number of amides is 3. The highest BCUT2D eigenvalue weighted by molar-refractivity contribution is 5.89. The van der Waals surface area contributed by atoms with Crippen LogP contribution in [0.1, 0.15) is 38.5 Å². The zero-order valence-corrected chi connectivity index (χ0v) is 11.5. The summed E-state index contributed by atoms with van der Waals surface area (Å²) >= 11 is 0. The molecule has 1 saturated carbocycles. The van der Waals surface area contributed by atoms with Crippen LogP contribution in [-0.2, 0) is 9.59 Å². The van der Waals surface area contributed by atoms with Crippen molar-refractivity contribution >= 4 is 17.9 Å². The van der Waals surface area contributed by atoms with E-state index in [4.69, 9.17) is 0 Å². The van der Waals surface area contributed by atoms with Gasteiger partial charge < -0.3 is 20.6 Å². The van der Waals surface area contributed by atoms with Gasteiger partial charge in [0.2, 0.25) is 5.91 Å². The fraction of sp³-hybridized carbons (Fsp3) is 0.769. The molecule has 1 aliphatic heterocycles. The number of hydrogen-bond donors (Lipinski definition) is 3. The Morgan fingerprint density at radius 2 is 1.90 bits per heavy atom. The van der Waals surface area contributed by atoms with Gasteiger partial charge in [0.05, 0.1) is 0 Å². The number of aliphatic carboxylic acids is 1. The lowest BCUT2D eigenvalue weighted by atomic mass is 9.82. The van der Waals surface area contributed by atoms with E-state index in [9.17, 15) is 19.5 Å². The number of carbonyl (C=O) groups excluding carboxylic acids is 2. The number of nitrogens with zero attached hydrogens (tertiary/aromatic N) is 1. The van der Waals surface area contributed by atoms with Gasteiger partial charge in [0.1, 0.15) is 12.1 Å². The lowest BCUT2D eigenvalue weighted by molar-refractivity contribution is -0.145. The van der Waals surface area contributed by atoms with Crippen molar-refractivity contribution in [1.82, 2.24) is 15.5 Å². The van der Waals surface area contributed by atoms with Crippen molar-refractivity contribution in [2.45, 2.75) is 44.1 Å². The van der Waals surface area contributed by atoms with Crippen LogP contribution in [0, 0.1) is 0 Å². The second-order valence-corrected chi connectivity index (χ2v) is 5.50. The molecule has 0 atom stereocenters. The predicted molar refractivity (Wildman–Crippen MR) is 71.2 cm³/mol. The third kappa shape index (κ3) is 3.20. The minimum absolute atomic E-state index is 0.0124. The molecule has 0 bridgehead atoms. The van der Waals surface area contributed by atoms with Gasteiger partial charge in [0.15, 0.2) is 0 Å². The van der Waals surface area contributed by atoms with E-state index in [1.54, 1.807) is 0 Å². The molecule has 7 heteroatoms. The summed E-state index contributed by atoms with van der Waals surface area (Å²) in [5.41, 5.74) is -1.17. The zero-order valence-electron chi connectivity index (χ0n) is 11.5. The fourth-order valence-electron chi connectivity index (χ4n) is 2.81. The van der Waals surface area contributed by atoms with Gasteiger partial charge in [-0.15, -0.1) is 0 Å². The van der Waals surface area contributed by atoms with Crippen LogP contribution in [0.3, 0.4) is 0 Å². The van der Waals surface area contributed by atoms with Crippen molar-refractivity contribution in [1.29, 1.82) is 0 Å². The van der Waals surface area contributed by atoms with E-state index >= 15 is 0 Å². The Balaban J connectivity index is 2.04. The number of carbonyl (C=O) groups is 3. The quantitative estimate of drug-likeness (QED) is 0.679. The molecule has 0 aromatic rings. The van der Waals surface area contributed by atoms with E-state index in [2.05, 4.69) is 10.6 Å². The third-order valence-electron chi connectivity index (χ3n) is 4.01. The first kappa shape index (κ1) is 14.6. The van der Waals surface area contributed by atoms with Crippen LogP contribution >= 0.6 is 0 Å². The van der Waals surface area contributed by atoms with Crippen LogP contribution in [0.25, 0.3) is 0 Å². The van der Waals surface area contributed by atoms with E-state index in [1.807, 2.05) is 0 Å². The number of rotatable bonds is 2. The molecule has 0 aromatic carbocycles. The molecule has 3 N–H and O–H groups in total. The maximum absolute atomic E-state index is 12.2. The lowest BCUT2D eigenvalue weighted by Crippen LogP contribution is -2.59. The van der Waals surface area contributed by atoms with Crippen molar-refractivity contribution < 1.29 is 19.5 Å². The Morgan fingerprint density at radius 3 is 2.55 bits per heavy atom. The summed E-state index contributed by atoms with van der Waals surface area (Å²) in [4.78, 5) is 36.6. The maximum atomic E-state index is 12.2. The summed E-state index contributed by atoms with van der Waals surface area (Å²) in [7, 11) is 0. The molecule has 1 saturated heterocycles. The van der Waals surface area contributed by atoms with Gasteiger partial charge >= 0.3 is 12.0 Å². The predicted octanol–water partition coefficient (Wildman–Crippen LogP) is 0.305. The smallest absolute Gasteiger partial charge is 0.329 e. The molecule has 1 aliphatic carbocycles. The average molecular weight is 283 g/mol. The molecule has 2 fully saturated rings. The minimum atomic E-state index is -1.17. The van der Waals surface area contributed by atoms with Crippen LogP contribution in [0.2, 0.25) is 0 Å². The Hall–Kier alpha value is -1.79. The number of carboxylic acid groups (broad SMARTS) is 1. The van der Waals surface area contributed by atoms with Gasteiger partial charge in [-0.2, -0.15) is 0 Å². The molecule has 112 valence electrons. The molecular weight excluding hydrogens is 262 g/mol. The zero-order chi connectivity index (χ0) is 14.6. The van der Waals surface area contributed by atoms with E-state index in [0.717, 1.165) is 19.3 Å². The van der Waals surface area contributed by atoms with Crippen LogP contribution in [0.4, 0.5) is 4.79 Å². The topological polar surface area (TPSA) is 98.7 Å². The Kier molecular flexibility index (Phi) is 4.46. The number of urea groups is 1. The van der Waals surface area contributed by atoms with Gasteiger partial charge in [-0.3, -0.25) is 4.79 Å². The molecular formula is C13H21N3O4. The van der Waals surface area contributed by atoms with Crippen LogP contribution in [0.15, 0.2) is 0 Å². The maximum Gasteiger partial charge on any atom is 0.329 e. The van der Waals surface area contributed by atoms with Crippen LogP contribution in [0.5, 0.6) is 0 Å². The summed E-state index contributed by atoms with van der Waals surface area (Å²) in [6.07, 6.45) is 4.18. The van der Waals surface area contributed by atoms with Gasteiger partial charge in [0, 0.05) is 13.1 Å². The van der Waals surface area contributed by atoms with Crippen LogP contribution in [-0.4, -0.2) is 53.1 Å². The molecule has 1 heterocycles. The summed E-state index contributed by atoms with van der Waals surface area (Å²) in [5, 5.41) is 14.8. The van der Waals surface area contributed by atoms with Crippen molar-refractivity contribution in [2.24, 2.45) is 0 Å². The normalized spacial score (nSPS) is 22.6. The molecule has 3 amide bonds. The van der Waals surface area contributed by atoms with Gasteiger partial charge in [-0.1, -0.05) is 19.3 Å². The van der Waals surface area contributed by atoms with Crippen molar-refractivity contribution in [3.05, 3.63) is 0 Å². The van der Waals surface area contributed by atoms with Crippen molar-refractivity contribution in [2.75, 3.05) is 19.6 Å². The Labute approximate surface area is 117 Å². The average Bonchev–Trinajstić information content (AvgIpc) is 2.64. The van der Waals surface area contributed by atoms with Crippen molar-refractivity contribution in [3.8, 4) is 0 Å². The standard InChI is InChI=1S/C13H21N3O4/c17-10-9-16(8-4-7-14-10)12(20)15-13(11(18)19)5-2-1-3-6-13/h1-9H2,(H,14,17)(H,15,20)(H,18,19). The molecule has 0 unspecified atom stereocenters. The minimum Gasteiger partial charge on any atom is -0.480 e. The van der Waals surface area contributed by atoms with Crippen LogP contribution < -0.4 is 10.6 Å². The summed E-state index contributed by atoms with van der Waals surface area (Å²) < 4.78 is 0. The number of hydrogen-bond acceptors (Lipinski definition) is 3. The second-order valence-electron chi connectivity index (χ2n) is 5.50. The molecule has 0 spiro atoms. The number of nitrogens with one attached hydrogen (secondary N) is 2. The SMILES string of the molecule is O=C1CN(C(=O)NC2(C(=O)O)CCCCC2)CCCN1. The molecule has 2 rings (SSSR count). The summed E-state index contributed by atoms with van der Waals surface area (Å²) in [5.74, 6) is -1.18. The van der Waals surface area contributed by atoms with E-state index < -0.39 is 17.5 Å². The van der Waals surface area contributed by atoms with E-state index in [-0.39, 0.29) is 12.5 Å². The third-order valence-corrected chi connectivity index (χ3v) is 4.01. The Morgan fingerprint density at radius 1 is 1.20 bits per heavy atom. The summed E-state index contributed by atoms with van der Waals surface area (Å²) in [6.45, 7) is 0.995. The molecule has 0 aromatic heterocycles. The molecule has 20 heavy (non-hydrogen) atoms. The number of carboxylic acids is 1. The van der Waals surface area contributed by atoms with Gasteiger partial charge in [0.25, 0.3) is 0 Å². The first-order valence-electron chi connectivity index (χ1n) is 7.11. The molecule has 7 nitrogen and oxygen atoms in total. The monoisotopic (exact) mass is 283 g/mol. The van der Waals surface area contributed by atoms with Gasteiger partial charge in [-0.05, 0) is 19.3 Å². The highest BCUT2D eigenvalue weighted by Gasteiger charge is 2.42. The first-order chi connectivity index (χ1) is 9.53. The summed E-state index contributed by atoms with van der Waals surface area (Å²) in [6, 6.07) is -0.452. The highest BCUT2D eigenvalue weighted by atomic mass is 16.4. The lowest BCUT2D eigenvalue weighted by Gasteiger charge is -2.35. The second kappa shape index (κ2) is 6.11. The van der Waals surface area contributed by atoms with E-state index in [0.29, 0.717) is 32.4 Å². The Bertz CT molecular complexity index is 404. The first-order valence-corrected chi connectivity index (χ1v) is 7.11.